The second-order valence-corrected chi connectivity index (χ2v) is 5.69. The second-order valence-electron chi connectivity index (χ2n) is 3.66. The number of rotatable bonds is 5. The normalized spacial score (nSPS) is 12.4. The van der Waals surface area contributed by atoms with Gasteiger partial charge in [0.05, 0.1) is 6.04 Å². The molecule has 0 fully saturated rings. The Kier molecular flexibility index (Phi) is 5.03. The van der Waals surface area contributed by atoms with Crippen molar-refractivity contribution in [1.29, 1.82) is 0 Å². The largest absolute Gasteiger partial charge is 0.492 e. The van der Waals surface area contributed by atoms with E-state index in [0.29, 0.717) is 11.6 Å². The van der Waals surface area contributed by atoms with Gasteiger partial charge in [0.15, 0.2) is 0 Å². The van der Waals surface area contributed by atoms with Crippen LogP contribution < -0.4 is 16.0 Å². The van der Waals surface area contributed by atoms with Gasteiger partial charge < -0.3 is 4.74 Å². The van der Waals surface area contributed by atoms with Crippen molar-refractivity contribution >= 4 is 38.9 Å². The van der Waals surface area contributed by atoms with E-state index in [1.165, 1.54) is 0 Å². The minimum Gasteiger partial charge on any atom is -0.492 e. The number of nitrogens with two attached hydrogens (primary N) is 1. The molecule has 6 heteroatoms. The molecule has 0 amide bonds. The minimum atomic E-state index is -0.0543. The SMILES string of the molecule is NNC(COc1ccc(Cl)cc1)c1cscc1Br. The van der Waals surface area contributed by atoms with Gasteiger partial charge in [0.2, 0.25) is 0 Å². The maximum atomic E-state index is 5.81. The van der Waals surface area contributed by atoms with Crippen LogP contribution in [0.1, 0.15) is 11.6 Å². The fourth-order valence-corrected chi connectivity index (χ4v) is 3.23. The van der Waals surface area contributed by atoms with Crippen molar-refractivity contribution in [3.05, 3.63) is 50.1 Å². The standard InChI is InChI=1S/C12H12BrClN2OS/c13-11-7-18-6-10(11)12(16-15)5-17-9-3-1-8(14)2-4-9/h1-4,6-7,12,16H,5,15H2. The average molecular weight is 348 g/mol. The fraction of sp³-hybridized carbons (Fsp3) is 0.167. The van der Waals surface area contributed by atoms with Crippen molar-refractivity contribution in [2.24, 2.45) is 5.84 Å². The smallest absolute Gasteiger partial charge is 0.119 e. The highest BCUT2D eigenvalue weighted by molar-refractivity contribution is 9.10. The van der Waals surface area contributed by atoms with Crippen LogP contribution >= 0.6 is 38.9 Å². The van der Waals surface area contributed by atoms with Gasteiger partial charge in [-0.25, -0.2) is 5.43 Å². The molecule has 96 valence electrons. The predicted octanol–water partition coefficient (Wildman–Crippen LogP) is 3.75. The van der Waals surface area contributed by atoms with E-state index in [1.54, 1.807) is 23.5 Å². The monoisotopic (exact) mass is 346 g/mol. The van der Waals surface area contributed by atoms with E-state index < -0.39 is 0 Å². The highest BCUT2D eigenvalue weighted by atomic mass is 79.9. The molecule has 0 aliphatic rings. The molecular weight excluding hydrogens is 336 g/mol. The van der Waals surface area contributed by atoms with Gasteiger partial charge in [0, 0.05) is 14.9 Å². The summed E-state index contributed by atoms with van der Waals surface area (Å²) in [5.74, 6) is 6.32. The van der Waals surface area contributed by atoms with Gasteiger partial charge in [-0.05, 0) is 51.1 Å². The number of hydrogen-bond acceptors (Lipinski definition) is 4. The van der Waals surface area contributed by atoms with Gasteiger partial charge in [-0.3, -0.25) is 5.84 Å². The van der Waals surface area contributed by atoms with E-state index in [2.05, 4.69) is 21.4 Å². The summed E-state index contributed by atoms with van der Waals surface area (Å²) in [6, 6.07) is 7.20. The lowest BCUT2D eigenvalue weighted by molar-refractivity contribution is 0.267. The van der Waals surface area contributed by atoms with Gasteiger partial charge in [0.1, 0.15) is 12.4 Å². The van der Waals surface area contributed by atoms with Crippen molar-refractivity contribution in [2.75, 3.05) is 6.61 Å². The molecule has 0 aliphatic heterocycles. The Labute approximate surface area is 123 Å². The summed E-state index contributed by atoms with van der Waals surface area (Å²) >= 11 is 10.9. The summed E-state index contributed by atoms with van der Waals surface area (Å²) in [4.78, 5) is 0. The Bertz CT molecular complexity index is 503. The summed E-state index contributed by atoms with van der Waals surface area (Å²) in [5.41, 5.74) is 3.85. The molecule has 2 rings (SSSR count). The molecule has 0 bridgehead atoms. The van der Waals surface area contributed by atoms with Crippen molar-refractivity contribution in [2.45, 2.75) is 6.04 Å². The highest BCUT2D eigenvalue weighted by Gasteiger charge is 2.14. The maximum Gasteiger partial charge on any atom is 0.119 e. The highest BCUT2D eigenvalue weighted by Crippen LogP contribution is 2.27. The molecule has 1 unspecified atom stereocenters. The van der Waals surface area contributed by atoms with Crippen molar-refractivity contribution in [3.8, 4) is 5.75 Å². The van der Waals surface area contributed by atoms with Gasteiger partial charge in [-0.15, -0.1) is 0 Å². The van der Waals surface area contributed by atoms with Gasteiger partial charge in [0.25, 0.3) is 0 Å². The van der Waals surface area contributed by atoms with E-state index >= 15 is 0 Å². The number of hydrogen-bond donors (Lipinski definition) is 2. The number of halogens is 2. The maximum absolute atomic E-state index is 5.81. The lowest BCUT2D eigenvalue weighted by Gasteiger charge is -2.16. The van der Waals surface area contributed by atoms with Gasteiger partial charge in [-0.1, -0.05) is 11.6 Å². The zero-order valence-corrected chi connectivity index (χ0v) is 12.6. The van der Waals surface area contributed by atoms with E-state index in [4.69, 9.17) is 22.2 Å². The van der Waals surface area contributed by atoms with Crippen molar-refractivity contribution in [1.82, 2.24) is 5.43 Å². The molecule has 1 heterocycles. The average Bonchev–Trinajstić information content (AvgIpc) is 2.79. The Balaban J connectivity index is 2.00. The first-order valence-corrected chi connectivity index (χ1v) is 7.38. The first-order chi connectivity index (χ1) is 8.70. The summed E-state index contributed by atoms with van der Waals surface area (Å²) in [5, 5.41) is 4.75. The summed E-state index contributed by atoms with van der Waals surface area (Å²) < 4.78 is 6.71. The molecule has 1 aromatic carbocycles. The number of thiophene rings is 1. The van der Waals surface area contributed by atoms with Crippen LogP contribution in [0, 0.1) is 0 Å². The van der Waals surface area contributed by atoms with E-state index in [1.807, 2.05) is 22.9 Å². The molecule has 0 saturated carbocycles. The third kappa shape index (κ3) is 3.46. The molecule has 3 nitrogen and oxygen atoms in total. The van der Waals surface area contributed by atoms with Crippen LogP contribution in [0.3, 0.4) is 0 Å². The zero-order chi connectivity index (χ0) is 13.0. The molecule has 0 radical (unpaired) electrons. The molecule has 3 N–H and O–H groups in total. The van der Waals surface area contributed by atoms with E-state index in [9.17, 15) is 0 Å². The number of benzene rings is 1. The Morgan fingerprint density at radius 3 is 2.61 bits per heavy atom. The van der Waals surface area contributed by atoms with E-state index in [-0.39, 0.29) is 6.04 Å². The quantitative estimate of drug-likeness (QED) is 0.640. The zero-order valence-electron chi connectivity index (χ0n) is 9.40. The van der Waals surface area contributed by atoms with E-state index in [0.717, 1.165) is 15.8 Å². The lowest BCUT2D eigenvalue weighted by atomic mass is 10.2. The number of hydrazine groups is 1. The topological polar surface area (TPSA) is 47.3 Å². The third-order valence-electron chi connectivity index (χ3n) is 2.45. The lowest BCUT2D eigenvalue weighted by Crippen LogP contribution is -2.32. The third-order valence-corrected chi connectivity index (χ3v) is 4.45. The summed E-state index contributed by atoms with van der Waals surface area (Å²) in [6.07, 6.45) is 0. The van der Waals surface area contributed by atoms with Crippen LogP contribution in [0.15, 0.2) is 39.5 Å². The number of ether oxygens (including phenoxy) is 1. The Hall–Kier alpha value is -0.590. The first kappa shape index (κ1) is 13.8. The molecule has 18 heavy (non-hydrogen) atoms. The number of nitrogens with one attached hydrogen (secondary N) is 1. The van der Waals surface area contributed by atoms with Gasteiger partial charge >= 0.3 is 0 Å². The molecule has 0 spiro atoms. The first-order valence-electron chi connectivity index (χ1n) is 5.27. The molecule has 0 aliphatic carbocycles. The van der Waals surface area contributed by atoms with Crippen LogP contribution in [0.2, 0.25) is 5.02 Å². The predicted molar refractivity (Wildman–Crippen MR) is 79.0 cm³/mol. The van der Waals surface area contributed by atoms with Crippen LogP contribution in [-0.4, -0.2) is 6.61 Å². The molecule has 1 aromatic heterocycles. The van der Waals surface area contributed by atoms with Crippen LogP contribution in [0.4, 0.5) is 0 Å². The molecule has 2 aromatic rings. The van der Waals surface area contributed by atoms with Crippen LogP contribution in [0.25, 0.3) is 0 Å². The summed E-state index contributed by atoms with van der Waals surface area (Å²) in [6.45, 7) is 0.452. The van der Waals surface area contributed by atoms with Crippen molar-refractivity contribution in [3.63, 3.8) is 0 Å². The van der Waals surface area contributed by atoms with Crippen molar-refractivity contribution < 1.29 is 4.74 Å². The fourth-order valence-electron chi connectivity index (χ4n) is 1.48. The minimum absolute atomic E-state index is 0.0543. The second kappa shape index (κ2) is 6.54. The molecule has 1 atom stereocenters. The molecule has 0 saturated heterocycles. The summed E-state index contributed by atoms with van der Waals surface area (Å²) in [7, 11) is 0. The van der Waals surface area contributed by atoms with Crippen LogP contribution in [0.5, 0.6) is 5.75 Å². The Morgan fingerprint density at radius 2 is 2.06 bits per heavy atom. The Morgan fingerprint density at radius 1 is 1.33 bits per heavy atom. The molecular formula is C12H12BrClN2OS. The van der Waals surface area contributed by atoms with Crippen LogP contribution in [-0.2, 0) is 0 Å². The van der Waals surface area contributed by atoms with Gasteiger partial charge in [-0.2, -0.15) is 11.3 Å².